The highest BCUT2D eigenvalue weighted by Crippen LogP contribution is 2.65. The number of carbonyl (C=O) groups is 1. The molecule has 0 aromatic carbocycles. The molecule has 3 aliphatic carbocycles. The number of hydrogen-bond acceptors (Lipinski definition) is 2. The zero-order valence-corrected chi connectivity index (χ0v) is 11.0. The van der Waals surface area contributed by atoms with Crippen LogP contribution >= 0.6 is 0 Å². The molecule has 0 saturated heterocycles. The fourth-order valence-corrected chi connectivity index (χ4v) is 3.54. The van der Waals surface area contributed by atoms with Gasteiger partial charge in [-0.25, -0.2) is 0 Å². The Morgan fingerprint density at radius 1 is 1.59 bits per heavy atom. The topological polar surface area (TPSA) is 37.3 Å². The van der Waals surface area contributed by atoms with Crippen molar-refractivity contribution in [2.75, 3.05) is 0 Å². The molecule has 94 valence electrons. The molecule has 2 bridgehead atoms. The van der Waals surface area contributed by atoms with Gasteiger partial charge < -0.3 is 5.11 Å². The Bertz CT molecular complexity index is 399. The minimum absolute atomic E-state index is 0.130. The maximum Gasteiger partial charge on any atom is 0.156 e. The fourth-order valence-electron chi connectivity index (χ4n) is 3.54. The molecule has 3 fully saturated rings. The van der Waals surface area contributed by atoms with Crippen LogP contribution in [0, 0.1) is 11.3 Å². The summed E-state index contributed by atoms with van der Waals surface area (Å²) in [5.41, 5.74) is 1.32. The maximum atomic E-state index is 11.9. The van der Waals surface area contributed by atoms with E-state index >= 15 is 0 Å². The summed E-state index contributed by atoms with van der Waals surface area (Å²) in [6.07, 6.45) is 4.60. The first-order valence-corrected chi connectivity index (χ1v) is 6.36. The molecular formula is C15H22O2. The molecule has 0 heterocycles. The average molecular weight is 234 g/mol. The van der Waals surface area contributed by atoms with E-state index < -0.39 is 5.60 Å². The highest BCUT2D eigenvalue weighted by molar-refractivity contribution is 5.91. The summed E-state index contributed by atoms with van der Waals surface area (Å²) in [5.74, 6) is 0.459. The minimum Gasteiger partial charge on any atom is -0.389 e. The predicted molar refractivity (Wildman–Crippen MR) is 68.6 cm³/mol. The second-order valence-electron chi connectivity index (χ2n) is 6.23. The van der Waals surface area contributed by atoms with E-state index in [4.69, 9.17) is 0 Å². The van der Waals surface area contributed by atoms with E-state index in [1.807, 2.05) is 20.8 Å². The summed E-state index contributed by atoms with van der Waals surface area (Å²) in [5, 5.41) is 10.5. The second kappa shape index (κ2) is 3.81. The number of aliphatic hydroxyl groups is 1. The van der Waals surface area contributed by atoms with Gasteiger partial charge in [0.05, 0.1) is 5.60 Å². The number of carbonyl (C=O) groups excluding carboxylic acids is 1. The first-order valence-electron chi connectivity index (χ1n) is 6.36. The first-order chi connectivity index (χ1) is 7.78. The first kappa shape index (κ1) is 12.6. The molecule has 0 aromatic rings. The fraction of sp³-hybridized carbons (Fsp3) is 0.667. The zero-order chi connectivity index (χ0) is 12.8. The summed E-state index contributed by atoms with van der Waals surface area (Å²) in [7, 11) is 0. The summed E-state index contributed by atoms with van der Waals surface area (Å²) < 4.78 is 0. The van der Waals surface area contributed by atoms with Crippen molar-refractivity contribution in [3.63, 3.8) is 0 Å². The van der Waals surface area contributed by atoms with E-state index in [0.717, 1.165) is 24.8 Å². The van der Waals surface area contributed by atoms with Crippen molar-refractivity contribution >= 4 is 5.78 Å². The highest BCUT2D eigenvalue weighted by Gasteiger charge is 2.64. The number of fused-ring (bicyclic) bond motifs is 2. The Kier molecular flexibility index (Phi) is 2.81. The van der Waals surface area contributed by atoms with Crippen LogP contribution in [-0.4, -0.2) is 16.5 Å². The van der Waals surface area contributed by atoms with Crippen molar-refractivity contribution < 1.29 is 9.90 Å². The molecule has 2 heteroatoms. The lowest BCUT2D eigenvalue weighted by atomic mass is 9.42. The standard InChI is InChI=1S/C15H22O2/c1-10(2)7-12(16)8-14(4)13-9-15(14,17)6-5-11(13)3/h7,13,17H,3,5-6,8-9H2,1-2,4H3/t13-,14-,15+/m0/s1. The van der Waals surface area contributed by atoms with Crippen LogP contribution in [-0.2, 0) is 4.79 Å². The van der Waals surface area contributed by atoms with Crippen LogP contribution in [0.25, 0.3) is 0 Å². The molecule has 0 radical (unpaired) electrons. The smallest absolute Gasteiger partial charge is 0.156 e. The van der Waals surface area contributed by atoms with Crippen molar-refractivity contribution in [2.45, 2.75) is 52.1 Å². The van der Waals surface area contributed by atoms with Crippen LogP contribution < -0.4 is 0 Å². The van der Waals surface area contributed by atoms with E-state index in [2.05, 4.69) is 6.58 Å². The lowest BCUT2D eigenvalue weighted by molar-refractivity contribution is -0.214. The van der Waals surface area contributed by atoms with E-state index in [1.54, 1.807) is 6.08 Å². The number of hydrogen-bond donors (Lipinski definition) is 1. The third-order valence-corrected chi connectivity index (χ3v) is 4.72. The zero-order valence-electron chi connectivity index (χ0n) is 11.0. The van der Waals surface area contributed by atoms with Gasteiger partial charge in [0.2, 0.25) is 0 Å². The second-order valence-corrected chi connectivity index (χ2v) is 6.23. The molecule has 3 atom stereocenters. The van der Waals surface area contributed by atoms with Crippen LogP contribution in [0.5, 0.6) is 0 Å². The lowest BCUT2D eigenvalue weighted by Crippen LogP contribution is -2.65. The minimum atomic E-state index is -0.635. The molecule has 17 heavy (non-hydrogen) atoms. The molecule has 3 rings (SSSR count). The highest BCUT2D eigenvalue weighted by atomic mass is 16.3. The van der Waals surface area contributed by atoms with Gasteiger partial charge in [0.15, 0.2) is 5.78 Å². The largest absolute Gasteiger partial charge is 0.389 e. The average Bonchev–Trinajstić information content (AvgIpc) is 2.19. The molecule has 0 amide bonds. The van der Waals surface area contributed by atoms with Crippen LogP contribution in [0.15, 0.2) is 23.8 Å². The summed E-state index contributed by atoms with van der Waals surface area (Å²) in [4.78, 5) is 11.9. The summed E-state index contributed by atoms with van der Waals surface area (Å²) in [6.45, 7) is 9.99. The van der Waals surface area contributed by atoms with Crippen molar-refractivity contribution in [2.24, 2.45) is 11.3 Å². The Balaban J connectivity index is 2.17. The van der Waals surface area contributed by atoms with E-state index in [1.165, 1.54) is 5.57 Å². The molecule has 3 aliphatic rings. The van der Waals surface area contributed by atoms with Gasteiger partial charge in [-0.05, 0) is 45.1 Å². The molecule has 0 aromatic heterocycles. The number of ketones is 1. The third-order valence-electron chi connectivity index (χ3n) is 4.72. The quantitative estimate of drug-likeness (QED) is 0.602. The van der Waals surface area contributed by atoms with Gasteiger partial charge in [0, 0.05) is 11.8 Å². The van der Waals surface area contributed by atoms with Gasteiger partial charge in [0.1, 0.15) is 0 Å². The molecular weight excluding hydrogens is 212 g/mol. The van der Waals surface area contributed by atoms with Crippen LogP contribution in [0.1, 0.15) is 46.5 Å². The molecule has 0 spiro atoms. The predicted octanol–water partition coefficient (Wildman–Crippen LogP) is 3.02. The molecule has 0 unspecified atom stereocenters. The Hall–Kier alpha value is -0.890. The van der Waals surface area contributed by atoms with Gasteiger partial charge in [-0.3, -0.25) is 4.79 Å². The third kappa shape index (κ3) is 1.79. The monoisotopic (exact) mass is 234 g/mol. The molecule has 0 aliphatic heterocycles. The van der Waals surface area contributed by atoms with Gasteiger partial charge >= 0.3 is 0 Å². The van der Waals surface area contributed by atoms with E-state index in [-0.39, 0.29) is 11.2 Å². The van der Waals surface area contributed by atoms with Crippen molar-refractivity contribution in [3.05, 3.63) is 23.8 Å². The summed E-state index contributed by atoms with van der Waals surface area (Å²) >= 11 is 0. The van der Waals surface area contributed by atoms with Gasteiger partial charge in [-0.1, -0.05) is 24.6 Å². The van der Waals surface area contributed by atoms with Crippen molar-refractivity contribution in [1.82, 2.24) is 0 Å². The van der Waals surface area contributed by atoms with Gasteiger partial charge in [-0.15, -0.1) is 0 Å². The molecule has 1 N–H and O–H groups in total. The normalized spacial score (nSPS) is 39.5. The SMILES string of the molecule is C=C1CC[C@@]2(O)C[C@@H]1[C@]2(C)CC(=O)C=C(C)C. The lowest BCUT2D eigenvalue weighted by Gasteiger charge is -2.64. The number of rotatable bonds is 3. The van der Waals surface area contributed by atoms with E-state index in [9.17, 15) is 9.90 Å². The van der Waals surface area contributed by atoms with Crippen LogP contribution in [0.2, 0.25) is 0 Å². The van der Waals surface area contributed by atoms with Crippen molar-refractivity contribution in [3.8, 4) is 0 Å². The van der Waals surface area contributed by atoms with Gasteiger partial charge in [-0.2, -0.15) is 0 Å². The number of allylic oxidation sites excluding steroid dienone is 3. The maximum absolute atomic E-state index is 11.9. The Morgan fingerprint density at radius 2 is 2.24 bits per heavy atom. The van der Waals surface area contributed by atoms with Crippen LogP contribution in [0.4, 0.5) is 0 Å². The van der Waals surface area contributed by atoms with Gasteiger partial charge in [0.25, 0.3) is 0 Å². The molecule has 2 nitrogen and oxygen atoms in total. The Labute approximate surface area is 103 Å². The van der Waals surface area contributed by atoms with Crippen LogP contribution in [0.3, 0.4) is 0 Å². The summed E-state index contributed by atoms with van der Waals surface area (Å²) in [6, 6.07) is 0. The molecule has 3 saturated carbocycles. The van der Waals surface area contributed by atoms with E-state index in [0.29, 0.717) is 12.3 Å². The van der Waals surface area contributed by atoms with Crippen molar-refractivity contribution in [1.29, 1.82) is 0 Å². The Morgan fingerprint density at radius 3 is 2.76 bits per heavy atom.